The van der Waals surface area contributed by atoms with Gasteiger partial charge in [0.25, 0.3) is 11.8 Å². The minimum absolute atomic E-state index is 0.0245. The Hall–Kier alpha value is -1.47. The Morgan fingerprint density at radius 1 is 1.27 bits per heavy atom. The van der Waals surface area contributed by atoms with Gasteiger partial charge in [-0.1, -0.05) is 0 Å². The third kappa shape index (κ3) is 3.84. The standard InChI is InChI=1S/C15H26N4O3/c1-4-19-14(21)9-12(15(19)22)18-7-5-17(6-8-18)10-13(20)16-11(2)3/h11-12H,4-10H2,1-3H3,(H,16,20)/p+2/t12-/m0/s1. The minimum atomic E-state index is -0.210. The van der Waals surface area contributed by atoms with Crippen LogP contribution in [0.2, 0.25) is 0 Å². The van der Waals surface area contributed by atoms with E-state index in [0.717, 1.165) is 26.2 Å². The molecule has 3 amide bonds. The highest BCUT2D eigenvalue weighted by Gasteiger charge is 2.45. The van der Waals surface area contributed by atoms with Gasteiger partial charge in [-0.25, -0.2) is 0 Å². The molecule has 0 bridgehead atoms. The number of hydrogen-bond donors (Lipinski definition) is 3. The zero-order valence-corrected chi connectivity index (χ0v) is 13.8. The average Bonchev–Trinajstić information content (AvgIpc) is 2.73. The van der Waals surface area contributed by atoms with Crippen molar-refractivity contribution < 1.29 is 24.2 Å². The largest absolute Gasteiger partial charge is 0.349 e. The molecule has 0 aliphatic carbocycles. The summed E-state index contributed by atoms with van der Waals surface area (Å²) in [5.74, 6) is 0.0114. The van der Waals surface area contributed by atoms with Gasteiger partial charge < -0.3 is 15.1 Å². The normalized spacial score (nSPS) is 29.3. The first-order valence-electron chi connectivity index (χ1n) is 8.24. The highest BCUT2D eigenvalue weighted by Crippen LogP contribution is 2.10. The molecule has 0 aromatic carbocycles. The van der Waals surface area contributed by atoms with Crippen molar-refractivity contribution in [2.45, 2.75) is 39.3 Å². The number of likely N-dealkylation sites (N-methyl/N-ethyl adjacent to an activating group) is 1. The molecule has 0 unspecified atom stereocenters. The Labute approximate surface area is 131 Å². The van der Waals surface area contributed by atoms with Crippen LogP contribution in [0.4, 0.5) is 0 Å². The molecular weight excluding hydrogens is 284 g/mol. The van der Waals surface area contributed by atoms with E-state index in [9.17, 15) is 14.4 Å². The second-order valence-corrected chi connectivity index (χ2v) is 6.54. The van der Waals surface area contributed by atoms with E-state index in [-0.39, 0.29) is 29.8 Å². The molecule has 2 fully saturated rings. The van der Waals surface area contributed by atoms with Gasteiger partial charge >= 0.3 is 0 Å². The third-order valence-corrected chi connectivity index (χ3v) is 4.51. The van der Waals surface area contributed by atoms with Crippen molar-refractivity contribution in [1.82, 2.24) is 10.2 Å². The van der Waals surface area contributed by atoms with E-state index in [1.54, 1.807) is 0 Å². The molecule has 2 aliphatic heterocycles. The first-order valence-corrected chi connectivity index (χ1v) is 8.24. The van der Waals surface area contributed by atoms with Crippen LogP contribution in [0, 0.1) is 0 Å². The highest BCUT2D eigenvalue weighted by atomic mass is 16.2. The Bertz CT molecular complexity index is 444. The lowest BCUT2D eigenvalue weighted by atomic mass is 10.1. The molecule has 0 saturated carbocycles. The molecule has 0 aromatic rings. The Morgan fingerprint density at radius 2 is 1.91 bits per heavy atom. The van der Waals surface area contributed by atoms with Crippen molar-refractivity contribution in [2.24, 2.45) is 0 Å². The molecule has 0 spiro atoms. The lowest BCUT2D eigenvalue weighted by Gasteiger charge is -2.31. The molecule has 0 aromatic heterocycles. The van der Waals surface area contributed by atoms with Gasteiger partial charge in [0.05, 0.1) is 6.42 Å². The number of carbonyl (C=O) groups is 3. The highest BCUT2D eigenvalue weighted by molar-refractivity contribution is 6.04. The SMILES string of the molecule is CCN1C(=O)C[C@H]([NH+]2CC[NH+](CC(=O)NC(C)C)CC2)C1=O. The van der Waals surface area contributed by atoms with E-state index in [4.69, 9.17) is 0 Å². The fourth-order valence-corrected chi connectivity index (χ4v) is 3.38. The number of hydrogen-bond acceptors (Lipinski definition) is 3. The zero-order chi connectivity index (χ0) is 16.3. The van der Waals surface area contributed by atoms with E-state index < -0.39 is 0 Å². The molecule has 0 radical (unpaired) electrons. The van der Waals surface area contributed by atoms with Gasteiger partial charge in [-0.05, 0) is 20.8 Å². The monoisotopic (exact) mass is 312 g/mol. The van der Waals surface area contributed by atoms with Gasteiger partial charge in [-0.15, -0.1) is 0 Å². The smallest absolute Gasteiger partial charge is 0.288 e. The summed E-state index contributed by atoms with van der Waals surface area (Å²) in [6.07, 6.45) is 0.338. The number of piperazine rings is 1. The molecule has 2 rings (SSSR count). The maximum atomic E-state index is 12.2. The molecule has 124 valence electrons. The van der Waals surface area contributed by atoms with Crippen molar-refractivity contribution in [3.05, 3.63) is 0 Å². The number of quaternary nitrogens is 2. The lowest BCUT2D eigenvalue weighted by Crippen LogP contribution is -3.30. The predicted octanol–water partition coefficient (Wildman–Crippen LogP) is -3.56. The second kappa shape index (κ2) is 7.19. The van der Waals surface area contributed by atoms with Gasteiger partial charge in [0.1, 0.15) is 26.2 Å². The van der Waals surface area contributed by atoms with Crippen molar-refractivity contribution in [3.63, 3.8) is 0 Å². The topological polar surface area (TPSA) is 75.4 Å². The Kier molecular flexibility index (Phi) is 5.52. The summed E-state index contributed by atoms with van der Waals surface area (Å²) < 4.78 is 0. The van der Waals surface area contributed by atoms with Crippen molar-refractivity contribution in [2.75, 3.05) is 39.3 Å². The molecule has 2 heterocycles. The van der Waals surface area contributed by atoms with E-state index in [2.05, 4.69) is 5.32 Å². The maximum Gasteiger partial charge on any atom is 0.288 e. The number of amides is 3. The summed E-state index contributed by atoms with van der Waals surface area (Å²) >= 11 is 0. The zero-order valence-electron chi connectivity index (χ0n) is 13.8. The van der Waals surface area contributed by atoms with Crippen LogP contribution in [0.25, 0.3) is 0 Å². The van der Waals surface area contributed by atoms with Crippen LogP contribution in [0.1, 0.15) is 27.2 Å². The van der Waals surface area contributed by atoms with Gasteiger partial charge in [-0.3, -0.25) is 19.3 Å². The average molecular weight is 312 g/mol. The van der Waals surface area contributed by atoms with Crippen LogP contribution in [0.3, 0.4) is 0 Å². The fourth-order valence-electron chi connectivity index (χ4n) is 3.38. The summed E-state index contributed by atoms with van der Waals surface area (Å²) in [5.41, 5.74) is 0. The molecule has 7 nitrogen and oxygen atoms in total. The molecular formula is C15H28N4O3+2. The first-order chi connectivity index (χ1) is 10.4. The van der Waals surface area contributed by atoms with E-state index in [1.807, 2.05) is 20.8 Å². The third-order valence-electron chi connectivity index (χ3n) is 4.51. The molecule has 2 aliphatic rings. The molecule has 3 N–H and O–H groups in total. The van der Waals surface area contributed by atoms with Gasteiger partial charge in [0, 0.05) is 12.6 Å². The van der Waals surface area contributed by atoms with Crippen LogP contribution < -0.4 is 15.1 Å². The summed E-state index contributed by atoms with van der Waals surface area (Å²) in [4.78, 5) is 39.7. The van der Waals surface area contributed by atoms with Crippen molar-refractivity contribution >= 4 is 17.7 Å². The molecule has 2 saturated heterocycles. The van der Waals surface area contributed by atoms with Gasteiger partial charge in [0.2, 0.25) is 5.91 Å². The van der Waals surface area contributed by atoms with Gasteiger partial charge in [-0.2, -0.15) is 0 Å². The number of likely N-dealkylation sites (tertiary alicyclic amines) is 1. The lowest BCUT2D eigenvalue weighted by molar-refractivity contribution is -1.02. The quantitative estimate of drug-likeness (QED) is 0.460. The van der Waals surface area contributed by atoms with Gasteiger partial charge in [0.15, 0.2) is 12.6 Å². The van der Waals surface area contributed by atoms with Crippen molar-refractivity contribution in [1.29, 1.82) is 0 Å². The molecule has 1 atom stereocenters. The summed E-state index contributed by atoms with van der Waals surface area (Å²) in [6, 6.07) is -0.0422. The van der Waals surface area contributed by atoms with Crippen LogP contribution >= 0.6 is 0 Å². The molecule has 22 heavy (non-hydrogen) atoms. The van der Waals surface area contributed by atoms with E-state index >= 15 is 0 Å². The van der Waals surface area contributed by atoms with Crippen molar-refractivity contribution in [3.8, 4) is 0 Å². The Balaban J connectivity index is 1.81. The number of carbonyl (C=O) groups excluding carboxylic acids is 3. The number of rotatable bonds is 5. The van der Waals surface area contributed by atoms with E-state index in [0.29, 0.717) is 19.5 Å². The fraction of sp³-hybridized carbons (Fsp3) is 0.800. The summed E-state index contributed by atoms with van der Waals surface area (Å²) in [5, 5.41) is 2.91. The first kappa shape index (κ1) is 16.9. The summed E-state index contributed by atoms with van der Waals surface area (Å²) in [7, 11) is 0. The minimum Gasteiger partial charge on any atom is -0.349 e. The van der Waals surface area contributed by atoms with E-state index in [1.165, 1.54) is 14.7 Å². The second-order valence-electron chi connectivity index (χ2n) is 6.54. The molecule has 7 heteroatoms. The number of nitrogens with one attached hydrogen (secondary N) is 3. The van der Waals surface area contributed by atoms with Crippen LogP contribution in [0.15, 0.2) is 0 Å². The van der Waals surface area contributed by atoms with Crippen LogP contribution in [0.5, 0.6) is 0 Å². The number of nitrogens with zero attached hydrogens (tertiary/aromatic N) is 1. The van der Waals surface area contributed by atoms with Crippen LogP contribution in [-0.4, -0.2) is 74.0 Å². The van der Waals surface area contributed by atoms with Crippen LogP contribution in [-0.2, 0) is 14.4 Å². The predicted molar refractivity (Wildman–Crippen MR) is 80.3 cm³/mol. The number of imide groups is 1. The maximum absolute atomic E-state index is 12.2. The Morgan fingerprint density at radius 3 is 2.41 bits per heavy atom. The summed E-state index contributed by atoms with van der Waals surface area (Å²) in [6.45, 7) is 10.1.